The second-order valence-electron chi connectivity index (χ2n) is 3.31. The molecule has 5 heteroatoms. The van der Waals surface area contributed by atoms with Crippen LogP contribution in [-0.2, 0) is 11.3 Å². The van der Waals surface area contributed by atoms with Gasteiger partial charge < -0.3 is 9.47 Å². The molecule has 86 valence electrons. The van der Waals surface area contributed by atoms with E-state index in [0.717, 1.165) is 25.6 Å². The summed E-state index contributed by atoms with van der Waals surface area (Å²) in [6, 6.07) is 0. The highest BCUT2D eigenvalue weighted by atomic mass is 79.9. The number of hydrogen-bond acceptors (Lipinski definition) is 3. The molecule has 16 heavy (non-hydrogen) atoms. The predicted molar refractivity (Wildman–Crippen MR) is 68.3 cm³/mol. The highest BCUT2D eigenvalue weighted by molar-refractivity contribution is 9.11. The molecule has 0 radical (unpaired) electrons. The lowest BCUT2D eigenvalue weighted by Crippen LogP contribution is -2.00. The van der Waals surface area contributed by atoms with Crippen LogP contribution in [0.2, 0.25) is 0 Å². The van der Waals surface area contributed by atoms with Crippen molar-refractivity contribution in [2.45, 2.75) is 20.5 Å². The topological polar surface area (TPSA) is 42.2 Å². The minimum absolute atomic E-state index is 0.496. The molecule has 0 aromatic heterocycles. The largest absolute Gasteiger partial charge is 0.387 e. The summed E-state index contributed by atoms with van der Waals surface area (Å²) in [4.78, 5) is 0. The normalized spacial score (nSPS) is 10.0. The first-order valence-corrected chi connectivity index (χ1v) is 6.15. The van der Waals surface area contributed by atoms with E-state index in [0.29, 0.717) is 12.4 Å². The van der Waals surface area contributed by atoms with E-state index in [1.54, 1.807) is 13.4 Å². The van der Waals surface area contributed by atoms with Crippen LogP contribution < -0.4 is 4.74 Å². The Morgan fingerprint density at radius 2 is 1.69 bits per heavy atom. The monoisotopic (exact) mass is 347 g/mol. The maximum absolute atomic E-state index is 8.60. The van der Waals surface area contributed by atoms with E-state index in [4.69, 9.17) is 14.7 Å². The van der Waals surface area contributed by atoms with E-state index in [-0.39, 0.29) is 0 Å². The SMILES string of the molecule is COCc1c(Br)c(C)c(OC#N)c(C)c1Br. The van der Waals surface area contributed by atoms with E-state index >= 15 is 0 Å². The number of halogens is 2. The quantitative estimate of drug-likeness (QED) is 0.779. The van der Waals surface area contributed by atoms with Crippen molar-refractivity contribution >= 4 is 31.9 Å². The Bertz CT molecular complexity index is 423. The molecular formula is C11H11Br2NO2. The Morgan fingerprint density at radius 3 is 2.06 bits per heavy atom. The molecule has 0 heterocycles. The highest BCUT2D eigenvalue weighted by Crippen LogP contribution is 2.39. The van der Waals surface area contributed by atoms with Crippen LogP contribution in [0.1, 0.15) is 16.7 Å². The molecule has 0 unspecified atom stereocenters. The van der Waals surface area contributed by atoms with Gasteiger partial charge in [-0.2, -0.15) is 0 Å². The molecule has 1 aromatic carbocycles. The fraction of sp³-hybridized carbons (Fsp3) is 0.364. The molecule has 0 aliphatic heterocycles. The van der Waals surface area contributed by atoms with Crippen molar-refractivity contribution in [1.29, 1.82) is 5.26 Å². The molecule has 0 aliphatic rings. The van der Waals surface area contributed by atoms with Crippen LogP contribution in [0.3, 0.4) is 0 Å². The summed E-state index contributed by atoms with van der Waals surface area (Å²) >= 11 is 6.98. The summed E-state index contributed by atoms with van der Waals surface area (Å²) in [6.07, 6.45) is 1.70. The summed E-state index contributed by atoms with van der Waals surface area (Å²) in [6.45, 7) is 4.29. The molecule has 0 N–H and O–H groups in total. The summed E-state index contributed by atoms with van der Waals surface area (Å²) < 4.78 is 11.9. The van der Waals surface area contributed by atoms with Crippen LogP contribution >= 0.6 is 31.9 Å². The van der Waals surface area contributed by atoms with Crippen LogP contribution in [0.15, 0.2) is 8.95 Å². The van der Waals surface area contributed by atoms with E-state index in [2.05, 4.69) is 31.9 Å². The molecule has 0 saturated carbocycles. The van der Waals surface area contributed by atoms with Crippen LogP contribution in [-0.4, -0.2) is 7.11 Å². The zero-order valence-corrected chi connectivity index (χ0v) is 12.4. The number of ether oxygens (including phenoxy) is 2. The number of nitriles is 1. The Kier molecular flexibility index (Phi) is 4.78. The zero-order valence-electron chi connectivity index (χ0n) is 9.23. The third-order valence-corrected chi connectivity index (χ3v) is 4.45. The summed E-state index contributed by atoms with van der Waals surface area (Å²) in [7, 11) is 1.64. The molecule has 0 saturated heterocycles. The standard InChI is InChI=1S/C11H11Br2NO2/c1-6-9(12)8(4-15-3)10(13)7(2)11(6)16-5-14/h4H2,1-3H3. The van der Waals surface area contributed by atoms with Gasteiger partial charge in [0.15, 0.2) is 0 Å². The summed E-state index contributed by atoms with van der Waals surface area (Å²) in [5.74, 6) is 0.584. The van der Waals surface area contributed by atoms with Crippen molar-refractivity contribution < 1.29 is 9.47 Å². The fourth-order valence-electron chi connectivity index (χ4n) is 1.50. The summed E-state index contributed by atoms with van der Waals surface area (Å²) in [5.41, 5.74) is 2.81. The molecular weight excluding hydrogens is 338 g/mol. The van der Waals surface area contributed by atoms with Crippen LogP contribution in [0.25, 0.3) is 0 Å². The molecule has 0 spiro atoms. The minimum atomic E-state index is 0.496. The lowest BCUT2D eigenvalue weighted by molar-refractivity contribution is 0.183. The van der Waals surface area contributed by atoms with E-state index in [1.807, 2.05) is 13.8 Å². The third-order valence-electron chi connectivity index (χ3n) is 2.31. The number of benzene rings is 1. The number of rotatable bonds is 3. The van der Waals surface area contributed by atoms with Gasteiger partial charge in [0, 0.05) is 32.7 Å². The van der Waals surface area contributed by atoms with Crippen molar-refractivity contribution in [3.8, 4) is 12.0 Å². The minimum Gasteiger partial charge on any atom is -0.387 e. The van der Waals surface area contributed by atoms with Crippen molar-refractivity contribution in [3.05, 3.63) is 25.6 Å². The van der Waals surface area contributed by atoms with Gasteiger partial charge in [-0.25, -0.2) is 0 Å². The Morgan fingerprint density at radius 1 is 1.19 bits per heavy atom. The second kappa shape index (κ2) is 5.67. The van der Waals surface area contributed by atoms with Gasteiger partial charge in [-0.3, -0.25) is 0 Å². The van der Waals surface area contributed by atoms with E-state index in [9.17, 15) is 0 Å². The maximum atomic E-state index is 8.60. The van der Waals surface area contributed by atoms with Crippen LogP contribution in [0.4, 0.5) is 0 Å². The van der Waals surface area contributed by atoms with Gasteiger partial charge in [0.25, 0.3) is 6.26 Å². The second-order valence-corrected chi connectivity index (χ2v) is 4.90. The first-order valence-electron chi connectivity index (χ1n) is 4.56. The average molecular weight is 349 g/mol. The van der Waals surface area contributed by atoms with Crippen LogP contribution in [0.5, 0.6) is 5.75 Å². The van der Waals surface area contributed by atoms with Crippen LogP contribution in [0, 0.1) is 25.4 Å². The average Bonchev–Trinajstić information content (AvgIpc) is 2.28. The van der Waals surface area contributed by atoms with Crippen molar-refractivity contribution in [2.24, 2.45) is 0 Å². The Labute approximate surface area is 112 Å². The highest BCUT2D eigenvalue weighted by Gasteiger charge is 2.17. The van der Waals surface area contributed by atoms with Gasteiger partial charge in [-0.1, -0.05) is 0 Å². The molecule has 1 aromatic rings. The molecule has 1 rings (SSSR count). The van der Waals surface area contributed by atoms with Crippen molar-refractivity contribution in [3.63, 3.8) is 0 Å². The van der Waals surface area contributed by atoms with Gasteiger partial charge in [0.1, 0.15) is 5.75 Å². The van der Waals surface area contributed by atoms with E-state index < -0.39 is 0 Å². The Balaban J connectivity index is 3.44. The maximum Gasteiger partial charge on any atom is 0.292 e. The lowest BCUT2D eigenvalue weighted by atomic mass is 10.1. The van der Waals surface area contributed by atoms with Gasteiger partial charge >= 0.3 is 0 Å². The molecule has 0 aliphatic carbocycles. The molecule has 0 atom stereocenters. The predicted octanol–water partition coefficient (Wildman–Crippen LogP) is 3.83. The number of nitrogens with zero attached hydrogens (tertiary/aromatic N) is 1. The molecule has 0 amide bonds. The zero-order chi connectivity index (χ0) is 12.3. The lowest BCUT2D eigenvalue weighted by Gasteiger charge is -2.15. The van der Waals surface area contributed by atoms with Gasteiger partial charge in [0.2, 0.25) is 0 Å². The van der Waals surface area contributed by atoms with Gasteiger partial charge in [-0.15, -0.1) is 5.26 Å². The summed E-state index contributed by atoms with van der Waals surface area (Å²) in [5, 5.41) is 8.60. The number of hydrogen-bond donors (Lipinski definition) is 0. The van der Waals surface area contributed by atoms with E-state index in [1.165, 1.54) is 0 Å². The third kappa shape index (κ3) is 2.40. The van der Waals surface area contributed by atoms with Gasteiger partial charge in [0.05, 0.1) is 6.61 Å². The van der Waals surface area contributed by atoms with Crippen molar-refractivity contribution in [1.82, 2.24) is 0 Å². The molecule has 3 nitrogen and oxygen atoms in total. The molecule has 0 fully saturated rings. The first-order chi connectivity index (χ1) is 7.54. The smallest absolute Gasteiger partial charge is 0.292 e. The fourth-order valence-corrected chi connectivity index (χ4v) is 2.75. The van der Waals surface area contributed by atoms with Crippen molar-refractivity contribution in [2.75, 3.05) is 7.11 Å². The number of methoxy groups -OCH3 is 1. The molecule has 0 bridgehead atoms. The Hall–Kier alpha value is -0.570. The van der Waals surface area contributed by atoms with Gasteiger partial charge in [-0.05, 0) is 45.7 Å². The first kappa shape index (κ1) is 13.5.